The zero-order valence-electron chi connectivity index (χ0n) is 19.0. The number of hydrogen-bond acceptors (Lipinski definition) is 7. The number of nitrogens with two attached hydrogens (primary N) is 1. The topological polar surface area (TPSA) is 142 Å². The second kappa shape index (κ2) is 9.68. The summed E-state index contributed by atoms with van der Waals surface area (Å²) < 4.78 is 0. The van der Waals surface area contributed by atoms with Crippen molar-refractivity contribution in [3.05, 3.63) is 54.2 Å². The summed E-state index contributed by atoms with van der Waals surface area (Å²) in [7, 11) is 0. The number of carbonyl (C=O) groups is 3. The summed E-state index contributed by atoms with van der Waals surface area (Å²) >= 11 is 0. The van der Waals surface area contributed by atoms with Crippen molar-refractivity contribution in [2.45, 2.75) is 38.8 Å². The lowest BCUT2D eigenvalue weighted by Crippen LogP contribution is -2.40. The molecule has 1 saturated heterocycles. The lowest BCUT2D eigenvalue weighted by atomic mass is 10.1. The van der Waals surface area contributed by atoms with Gasteiger partial charge < -0.3 is 26.6 Å². The van der Waals surface area contributed by atoms with Crippen LogP contribution >= 0.6 is 0 Å². The fourth-order valence-corrected chi connectivity index (χ4v) is 3.37. The fourth-order valence-electron chi connectivity index (χ4n) is 3.37. The van der Waals surface area contributed by atoms with Gasteiger partial charge in [-0.15, -0.1) is 0 Å². The van der Waals surface area contributed by atoms with Crippen molar-refractivity contribution in [2.75, 3.05) is 23.3 Å². The Bertz CT molecular complexity index is 1060. The summed E-state index contributed by atoms with van der Waals surface area (Å²) in [5, 5.41) is 8.86. The van der Waals surface area contributed by atoms with E-state index in [0.717, 1.165) is 6.42 Å². The zero-order valence-corrected chi connectivity index (χ0v) is 19.0. The van der Waals surface area contributed by atoms with Crippen molar-refractivity contribution >= 4 is 35.2 Å². The number of anilines is 3. The average Bonchev–Trinajstić information content (AvgIpc) is 3.21. The van der Waals surface area contributed by atoms with E-state index in [0.29, 0.717) is 30.3 Å². The third-order valence-electron chi connectivity index (χ3n) is 4.94. The van der Waals surface area contributed by atoms with Crippen LogP contribution in [-0.4, -0.2) is 52.4 Å². The standard InChI is InChI=1S/C23H29N7O3/c1-5-18(31)26-16-10-11-30(13-16)22-25-12-17(19(24)32)20(28-22)27-15-8-6-14(7-9-15)21(33)29-23(2,3)4/h5-9,12,16H,1,10-11,13H2,2-4H3,(H2,24,32)(H,26,31)(H,29,33)(H,25,27,28)/t16-/m0/s1. The molecule has 1 aliphatic heterocycles. The van der Waals surface area contributed by atoms with Crippen LogP contribution in [0.3, 0.4) is 0 Å². The van der Waals surface area contributed by atoms with E-state index >= 15 is 0 Å². The number of primary amides is 1. The largest absolute Gasteiger partial charge is 0.365 e. The van der Waals surface area contributed by atoms with Gasteiger partial charge in [-0.25, -0.2) is 4.98 Å². The third kappa shape index (κ3) is 6.28. The molecule has 3 rings (SSSR count). The first kappa shape index (κ1) is 23.7. The van der Waals surface area contributed by atoms with Crippen LogP contribution in [0.4, 0.5) is 17.5 Å². The van der Waals surface area contributed by atoms with Crippen LogP contribution in [0.1, 0.15) is 47.9 Å². The van der Waals surface area contributed by atoms with E-state index < -0.39 is 5.91 Å². The molecule has 2 heterocycles. The molecule has 2 aromatic rings. The molecule has 10 nitrogen and oxygen atoms in total. The van der Waals surface area contributed by atoms with E-state index in [2.05, 4.69) is 32.5 Å². The molecule has 10 heteroatoms. The van der Waals surface area contributed by atoms with Gasteiger partial charge in [-0.05, 0) is 57.5 Å². The van der Waals surface area contributed by atoms with Crippen molar-refractivity contribution in [3.63, 3.8) is 0 Å². The highest BCUT2D eigenvalue weighted by Crippen LogP contribution is 2.23. The molecule has 174 valence electrons. The van der Waals surface area contributed by atoms with Crippen LogP contribution in [0.5, 0.6) is 0 Å². The Morgan fingerprint density at radius 1 is 1.21 bits per heavy atom. The van der Waals surface area contributed by atoms with Crippen molar-refractivity contribution < 1.29 is 14.4 Å². The molecule has 33 heavy (non-hydrogen) atoms. The Morgan fingerprint density at radius 3 is 2.52 bits per heavy atom. The number of benzene rings is 1. The van der Waals surface area contributed by atoms with Crippen molar-refractivity contribution in [2.24, 2.45) is 5.73 Å². The number of aromatic nitrogens is 2. The molecule has 1 aliphatic rings. The Hall–Kier alpha value is -3.95. The first-order valence-electron chi connectivity index (χ1n) is 10.6. The quantitative estimate of drug-likeness (QED) is 0.470. The first-order valence-corrected chi connectivity index (χ1v) is 10.6. The molecule has 1 fully saturated rings. The van der Waals surface area contributed by atoms with Gasteiger partial charge in [0, 0.05) is 42.1 Å². The van der Waals surface area contributed by atoms with E-state index in [4.69, 9.17) is 5.73 Å². The number of hydrogen-bond donors (Lipinski definition) is 4. The summed E-state index contributed by atoms with van der Waals surface area (Å²) in [4.78, 5) is 46.5. The van der Waals surface area contributed by atoms with Crippen LogP contribution in [0.25, 0.3) is 0 Å². The van der Waals surface area contributed by atoms with Crippen molar-refractivity contribution in [1.82, 2.24) is 20.6 Å². The predicted octanol–water partition coefficient (Wildman–Crippen LogP) is 1.73. The highest BCUT2D eigenvalue weighted by atomic mass is 16.2. The molecular formula is C23H29N7O3. The SMILES string of the molecule is C=CC(=O)N[C@H]1CCN(c2ncc(C(N)=O)c(Nc3ccc(C(=O)NC(C)(C)C)cc3)n2)C1. The second-order valence-corrected chi connectivity index (χ2v) is 8.85. The van der Waals surface area contributed by atoms with E-state index in [1.165, 1.54) is 12.3 Å². The number of rotatable bonds is 7. The van der Waals surface area contributed by atoms with Crippen LogP contribution in [0, 0.1) is 0 Å². The van der Waals surface area contributed by atoms with Crippen molar-refractivity contribution in [3.8, 4) is 0 Å². The van der Waals surface area contributed by atoms with E-state index in [-0.39, 0.29) is 34.8 Å². The van der Waals surface area contributed by atoms with Gasteiger partial charge in [-0.3, -0.25) is 14.4 Å². The Kier molecular flexibility index (Phi) is 6.95. The van der Waals surface area contributed by atoms with E-state index in [1.807, 2.05) is 25.7 Å². The molecule has 0 saturated carbocycles. The van der Waals surface area contributed by atoms with Gasteiger partial charge in [-0.1, -0.05) is 6.58 Å². The fraction of sp³-hybridized carbons (Fsp3) is 0.348. The average molecular weight is 452 g/mol. The zero-order chi connectivity index (χ0) is 24.2. The molecule has 0 aliphatic carbocycles. The molecule has 0 radical (unpaired) electrons. The molecule has 1 aromatic heterocycles. The summed E-state index contributed by atoms with van der Waals surface area (Å²) in [6.07, 6.45) is 3.36. The van der Waals surface area contributed by atoms with Gasteiger partial charge in [0.15, 0.2) is 0 Å². The lowest BCUT2D eigenvalue weighted by Gasteiger charge is -2.20. The van der Waals surface area contributed by atoms with Gasteiger partial charge in [-0.2, -0.15) is 4.98 Å². The van der Waals surface area contributed by atoms with Crippen LogP contribution in [-0.2, 0) is 4.79 Å². The number of nitrogens with zero attached hydrogens (tertiary/aromatic N) is 3. The molecule has 0 spiro atoms. The molecule has 3 amide bonds. The molecule has 1 aromatic carbocycles. The minimum Gasteiger partial charge on any atom is -0.365 e. The number of carbonyl (C=O) groups excluding carboxylic acids is 3. The minimum absolute atomic E-state index is 0.0434. The summed E-state index contributed by atoms with van der Waals surface area (Å²) in [6, 6.07) is 6.77. The normalized spacial score (nSPS) is 15.6. The highest BCUT2D eigenvalue weighted by Gasteiger charge is 2.26. The Morgan fingerprint density at radius 2 is 1.91 bits per heavy atom. The monoisotopic (exact) mass is 451 g/mol. The summed E-state index contributed by atoms with van der Waals surface area (Å²) in [6.45, 7) is 10.4. The van der Waals surface area contributed by atoms with Gasteiger partial charge in [0.25, 0.3) is 11.8 Å². The second-order valence-electron chi connectivity index (χ2n) is 8.85. The van der Waals surface area contributed by atoms with Crippen LogP contribution in [0.2, 0.25) is 0 Å². The maximum absolute atomic E-state index is 12.3. The van der Waals surface area contributed by atoms with Gasteiger partial charge in [0.2, 0.25) is 11.9 Å². The van der Waals surface area contributed by atoms with Crippen LogP contribution < -0.4 is 26.6 Å². The summed E-state index contributed by atoms with van der Waals surface area (Å²) in [5.74, 6) is -0.392. The van der Waals surface area contributed by atoms with Gasteiger partial charge in [0.1, 0.15) is 11.4 Å². The smallest absolute Gasteiger partial charge is 0.254 e. The molecule has 0 unspecified atom stereocenters. The van der Waals surface area contributed by atoms with Crippen LogP contribution in [0.15, 0.2) is 43.1 Å². The molecule has 5 N–H and O–H groups in total. The minimum atomic E-state index is -0.664. The van der Waals surface area contributed by atoms with E-state index in [9.17, 15) is 14.4 Å². The predicted molar refractivity (Wildman–Crippen MR) is 126 cm³/mol. The third-order valence-corrected chi connectivity index (χ3v) is 4.94. The number of amides is 3. The first-order chi connectivity index (χ1) is 15.6. The maximum Gasteiger partial charge on any atom is 0.254 e. The molecular weight excluding hydrogens is 422 g/mol. The van der Waals surface area contributed by atoms with E-state index in [1.54, 1.807) is 24.3 Å². The molecule has 1 atom stereocenters. The van der Waals surface area contributed by atoms with Gasteiger partial charge >= 0.3 is 0 Å². The molecule has 0 bridgehead atoms. The maximum atomic E-state index is 12.3. The Balaban J connectivity index is 1.77. The summed E-state index contributed by atoms with van der Waals surface area (Å²) in [5.41, 5.74) is 6.45. The number of nitrogens with one attached hydrogen (secondary N) is 3. The Labute approximate surface area is 192 Å². The highest BCUT2D eigenvalue weighted by molar-refractivity contribution is 5.98. The van der Waals surface area contributed by atoms with Gasteiger partial charge in [0.05, 0.1) is 0 Å². The lowest BCUT2D eigenvalue weighted by molar-refractivity contribution is -0.117. The van der Waals surface area contributed by atoms with Crippen molar-refractivity contribution in [1.29, 1.82) is 0 Å².